The van der Waals surface area contributed by atoms with E-state index >= 15 is 0 Å². The predicted molar refractivity (Wildman–Crippen MR) is 138 cm³/mol. The van der Waals surface area contributed by atoms with Crippen LogP contribution in [0.3, 0.4) is 0 Å². The number of benzene rings is 2. The number of carbonyl (C=O) groups is 1. The average molecular weight is 497 g/mol. The van der Waals surface area contributed by atoms with Crippen LogP contribution in [0.15, 0.2) is 70.8 Å². The van der Waals surface area contributed by atoms with Crippen molar-refractivity contribution in [3.63, 3.8) is 0 Å². The molecule has 0 bridgehead atoms. The van der Waals surface area contributed by atoms with E-state index in [0.717, 1.165) is 27.3 Å². The molecule has 4 rings (SSSR count). The number of rotatable bonds is 8. The lowest BCUT2D eigenvalue weighted by Gasteiger charge is -2.29. The number of methoxy groups -OCH3 is 1. The van der Waals surface area contributed by atoms with Gasteiger partial charge in [0.2, 0.25) is 11.0 Å². The highest BCUT2D eigenvalue weighted by molar-refractivity contribution is 8.01. The third-order valence-corrected chi connectivity index (χ3v) is 7.10. The minimum atomic E-state index is -0.103. The van der Waals surface area contributed by atoms with Gasteiger partial charge in [-0.2, -0.15) is 0 Å². The van der Waals surface area contributed by atoms with E-state index in [1.807, 2.05) is 59.6 Å². The fraction of sp³-hybridized carbons (Fsp3) is 0.292. The number of thioether (sulfide) groups is 1. The molecule has 0 aliphatic carbocycles. The highest BCUT2D eigenvalue weighted by Gasteiger charge is 2.32. The van der Waals surface area contributed by atoms with Crippen LogP contribution in [0.4, 0.5) is 16.5 Å². The van der Waals surface area contributed by atoms with Gasteiger partial charge in [-0.3, -0.25) is 9.80 Å². The standard InChI is InChI=1S/C24H28N6O2S2/c1-24(2,3)19-14-20(30(29-19)17-8-6-5-7-9-17)26-21(31)15-33-23-28-27-22(34-23)25-16-10-12-18(32-4)13-11-16/h5-14,19,29H,15H2,1-4H3,(H,25,27)(H,26,31). The summed E-state index contributed by atoms with van der Waals surface area (Å²) in [5.41, 5.74) is 5.34. The van der Waals surface area contributed by atoms with Crippen LogP contribution in [0, 0.1) is 5.41 Å². The summed E-state index contributed by atoms with van der Waals surface area (Å²) in [6.45, 7) is 6.49. The summed E-state index contributed by atoms with van der Waals surface area (Å²) in [6, 6.07) is 17.6. The van der Waals surface area contributed by atoms with E-state index in [9.17, 15) is 4.79 Å². The molecule has 0 spiro atoms. The van der Waals surface area contributed by atoms with Gasteiger partial charge in [-0.25, -0.2) is 5.43 Å². The van der Waals surface area contributed by atoms with Crippen molar-refractivity contribution in [3.05, 3.63) is 66.5 Å². The van der Waals surface area contributed by atoms with Gasteiger partial charge in [0, 0.05) is 5.69 Å². The minimum absolute atomic E-state index is 0.00585. The van der Waals surface area contributed by atoms with Crippen molar-refractivity contribution >= 4 is 45.5 Å². The van der Waals surface area contributed by atoms with E-state index in [2.05, 4.69) is 53.1 Å². The summed E-state index contributed by atoms with van der Waals surface area (Å²) >= 11 is 2.76. The Kier molecular flexibility index (Phi) is 7.40. The SMILES string of the molecule is COc1ccc(Nc2nnc(SCC(=O)NC3=CC(C(C)(C)C)NN3c3ccccc3)s2)cc1. The number of aromatic nitrogens is 2. The highest BCUT2D eigenvalue weighted by atomic mass is 32.2. The van der Waals surface area contributed by atoms with E-state index in [0.29, 0.717) is 5.13 Å². The Labute approximate surface area is 207 Å². The van der Waals surface area contributed by atoms with Gasteiger partial charge in [0.15, 0.2) is 4.34 Å². The molecule has 8 nitrogen and oxygen atoms in total. The number of amides is 1. The van der Waals surface area contributed by atoms with E-state index in [4.69, 9.17) is 4.74 Å². The van der Waals surface area contributed by atoms with Crippen LogP contribution >= 0.6 is 23.1 Å². The topological polar surface area (TPSA) is 91.4 Å². The molecule has 3 aromatic rings. The number of ether oxygens (including phenoxy) is 1. The lowest BCUT2D eigenvalue weighted by Crippen LogP contribution is -2.45. The van der Waals surface area contributed by atoms with Crippen LogP contribution in [-0.2, 0) is 4.79 Å². The molecule has 0 radical (unpaired) electrons. The lowest BCUT2D eigenvalue weighted by molar-refractivity contribution is -0.117. The lowest BCUT2D eigenvalue weighted by atomic mass is 9.87. The van der Waals surface area contributed by atoms with Crippen LogP contribution in [-0.4, -0.2) is 35.0 Å². The van der Waals surface area contributed by atoms with E-state index in [-0.39, 0.29) is 23.1 Å². The van der Waals surface area contributed by atoms with Gasteiger partial charge in [0.25, 0.3) is 0 Å². The van der Waals surface area contributed by atoms with Crippen LogP contribution in [0.2, 0.25) is 0 Å². The molecule has 178 valence electrons. The predicted octanol–water partition coefficient (Wildman–Crippen LogP) is 4.78. The maximum Gasteiger partial charge on any atom is 0.235 e. The molecule has 1 aromatic heterocycles. The number of hydrogen-bond acceptors (Lipinski definition) is 9. The normalized spacial score (nSPS) is 15.7. The minimum Gasteiger partial charge on any atom is -0.497 e. The Morgan fingerprint density at radius 1 is 1.15 bits per heavy atom. The molecular formula is C24H28N6O2S2. The monoisotopic (exact) mass is 496 g/mol. The number of hydrogen-bond donors (Lipinski definition) is 3. The van der Waals surface area contributed by atoms with Gasteiger partial charge in [0.05, 0.1) is 24.6 Å². The molecule has 1 amide bonds. The van der Waals surface area contributed by atoms with Crippen molar-refractivity contribution in [2.45, 2.75) is 31.2 Å². The van der Waals surface area contributed by atoms with Crippen molar-refractivity contribution in [2.24, 2.45) is 5.41 Å². The third-order valence-electron chi connectivity index (χ3n) is 5.12. The summed E-state index contributed by atoms with van der Waals surface area (Å²) in [5, 5.41) is 17.2. The molecule has 1 aliphatic rings. The molecule has 0 saturated carbocycles. The van der Waals surface area contributed by atoms with Crippen LogP contribution < -0.4 is 25.8 Å². The molecule has 2 aromatic carbocycles. The summed E-state index contributed by atoms with van der Waals surface area (Å²) in [7, 11) is 1.63. The second-order valence-corrected chi connectivity index (χ2v) is 11.0. The molecule has 1 unspecified atom stereocenters. The Bertz CT molecular complexity index is 1140. The third kappa shape index (κ3) is 6.07. The second kappa shape index (κ2) is 10.5. The summed E-state index contributed by atoms with van der Waals surface area (Å²) in [6.07, 6.45) is 2.07. The maximum absolute atomic E-state index is 12.8. The second-order valence-electron chi connectivity index (χ2n) is 8.76. The Balaban J connectivity index is 1.35. The average Bonchev–Trinajstić information content (AvgIpc) is 3.46. The molecule has 0 fully saturated rings. The zero-order valence-corrected chi connectivity index (χ0v) is 21.2. The summed E-state index contributed by atoms with van der Waals surface area (Å²) in [4.78, 5) is 12.8. The van der Waals surface area contributed by atoms with Gasteiger partial charge < -0.3 is 15.4 Å². The van der Waals surface area contributed by atoms with Crippen molar-refractivity contribution < 1.29 is 9.53 Å². The van der Waals surface area contributed by atoms with Crippen molar-refractivity contribution in [2.75, 3.05) is 23.2 Å². The number of nitrogens with one attached hydrogen (secondary N) is 3. The first-order chi connectivity index (χ1) is 16.3. The summed E-state index contributed by atoms with van der Waals surface area (Å²) in [5.74, 6) is 1.65. The van der Waals surface area contributed by atoms with Gasteiger partial charge >= 0.3 is 0 Å². The largest absolute Gasteiger partial charge is 0.497 e. The fourth-order valence-electron chi connectivity index (χ4n) is 3.23. The van der Waals surface area contributed by atoms with Crippen molar-refractivity contribution in [1.29, 1.82) is 0 Å². The molecule has 1 aliphatic heterocycles. The molecule has 0 saturated heterocycles. The Hall–Kier alpha value is -3.08. The first kappa shape index (κ1) is 24.1. The van der Waals surface area contributed by atoms with Crippen LogP contribution in [0.25, 0.3) is 0 Å². The molecule has 10 heteroatoms. The van der Waals surface area contributed by atoms with Gasteiger partial charge in [0.1, 0.15) is 11.6 Å². The Morgan fingerprint density at radius 2 is 1.88 bits per heavy atom. The van der Waals surface area contributed by atoms with E-state index in [1.165, 1.54) is 23.1 Å². The zero-order chi connectivity index (χ0) is 24.1. The van der Waals surface area contributed by atoms with Crippen molar-refractivity contribution in [3.8, 4) is 5.75 Å². The smallest absolute Gasteiger partial charge is 0.235 e. The zero-order valence-electron chi connectivity index (χ0n) is 19.5. The number of para-hydroxylation sites is 1. The summed E-state index contributed by atoms with van der Waals surface area (Å²) < 4.78 is 5.89. The fourth-order valence-corrected chi connectivity index (χ4v) is 4.81. The number of anilines is 3. The van der Waals surface area contributed by atoms with Gasteiger partial charge in [-0.05, 0) is 47.9 Å². The number of nitrogens with zero attached hydrogens (tertiary/aromatic N) is 3. The molecule has 34 heavy (non-hydrogen) atoms. The van der Waals surface area contributed by atoms with Gasteiger partial charge in [-0.15, -0.1) is 10.2 Å². The number of hydrazine groups is 1. The number of carbonyl (C=O) groups excluding carboxylic acids is 1. The quantitative estimate of drug-likeness (QED) is 0.384. The Morgan fingerprint density at radius 3 is 2.56 bits per heavy atom. The molecular weight excluding hydrogens is 468 g/mol. The van der Waals surface area contributed by atoms with Crippen LogP contribution in [0.1, 0.15) is 20.8 Å². The van der Waals surface area contributed by atoms with E-state index < -0.39 is 0 Å². The van der Waals surface area contributed by atoms with Crippen molar-refractivity contribution in [1.82, 2.24) is 20.9 Å². The highest BCUT2D eigenvalue weighted by Crippen LogP contribution is 2.30. The van der Waals surface area contributed by atoms with Gasteiger partial charge in [-0.1, -0.05) is 62.1 Å². The first-order valence-corrected chi connectivity index (χ1v) is 12.6. The molecule has 2 heterocycles. The van der Waals surface area contributed by atoms with E-state index in [1.54, 1.807) is 7.11 Å². The molecule has 3 N–H and O–H groups in total. The van der Waals surface area contributed by atoms with Crippen LogP contribution in [0.5, 0.6) is 5.75 Å². The first-order valence-electron chi connectivity index (χ1n) is 10.8. The molecule has 1 atom stereocenters. The maximum atomic E-state index is 12.8.